The third-order valence-electron chi connectivity index (χ3n) is 3.33. The highest BCUT2D eigenvalue weighted by atomic mass is 127. The van der Waals surface area contributed by atoms with E-state index >= 15 is 0 Å². The molecule has 1 aliphatic rings. The van der Waals surface area contributed by atoms with Crippen molar-refractivity contribution in [1.82, 2.24) is 5.32 Å². The van der Waals surface area contributed by atoms with Gasteiger partial charge in [0, 0.05) is 8.04 Å². The van der Waals surface area contributed by atoms with Gasteiger partial charge in [-0.2, -0.15) is 0 Å². The Hall–Kier alpha value is -2.00. The molecule has 0 aliphatic carbocycles. The van der Waals surface area contributed by atoms with Crippen LogP contribution in [0.2, 0.25) is 0 Å². The number of rotatable bonds is 2. The average Bonchev–Trinajstić information content (AvgIpc) is 2.51. The molecular formula is C17H10BrIN2O3. The van der Waals surface area contributed by atoms with Crippen molar-refractivity contribution in [3.05, 3.63) is 67.7 Å². The fraction of sp³-hybridized carbons (Fsp3) is 0. The number of nitrogens with zero attached hydrogens (tertiary/aromatic N) is 1. The number of benzene rings is 2. The second-order valence-electron chi connectivity index (χ2n) is 4.99. The van der Waals surface area contributed by atoms with Crippen LogP contribution in [0.1, 0.15) is 5.56 Å². The molecule has 1 N–H and O–H groups in total. The molecule has 0 atom stereocenters. The number of imide groups is 2. The van der Waals surface area contributed by atoms with Crippen LogP contribution in [0.3, 0.4) is 0 Å². The van der Waals surface area contributed by atoms with Gasteiger partial charge in [-0.15, -0.1) is 0 Å². The molecule has 5 nitrogen and oxygen atoms in total. The molecule has 0 spiro atoms. The van der Waals surface area contributed by atoms with Gasteiger partial charge in [-0.1, -0.05) is 34.1 Å². The van der Waals surface area contributed by atoms with Gasteiger partial charge in [0.2, 0.25) is 0 Å². The van der Waals surface area contributed by atoms with Crippen molar-refractivity contribution in [3.63, 3.8) is 0 Å². The van der Waals surface area contributed by atoms with Crippen molar-refractivity contribution in [2.24, 2.45) is 0 Å². The SMILES string of the molecule is O=C1NC(=O)N(c2cccc(Br)c2)C(=O)C1=Cc1cccc(I)c1. The Balaban J connectivity index is 2.03. The van der Waals surface area contributed by atoms with Crippen LogP contribution in [0, 0.1) is 3.57 Å². The minimum atomic E-state index is -0.761. The number of carbonyl (C=O) groups excluding carboxylic acids is 3. The highest BCUT2D eigenvalue weighted by Crippen LogP contribution is 2.24. The summed E-state index contributed by atoms with van der Waals surface area (Å²) in [5, 5.41) is 2.20. The minimum Gasteiger partial charge on any atom is -0.273 e. The molecule has 4 amide bonds. The van der Waals surface area contributed by atoms with Crippen molar-refractivity contribution in [2.45, 2.75) is 0 Å². The van der Waals surface area contributed by atoms with E-state index in [0.29, 0.717) is 11.3 Å². The second-order valence-corrected chi connectivity index (χ2v) is 7.15. The van der Waals surface area contributed by atoms with Crippen LogP contribution in [0.5, 0.6) is 0 Å². The molecular weight excluding hydrogens is 487 g/mol. The summed E-state index contributed by atoms with van der Waals surface area (Å²) in [4.78, 5) is 37.9. The maximum atomic E-state index is 12.7. The van der Waals surface area contributed by atoms with E-state index in [0.717, 1.165) is 12.9 Å². The van der Waals surface area contributed by atoms with E-state index in [1.165, 1.54) is 6.08 Å². The Labute approximate surface area is 160 Å². The van der Waals surface area contributed by atoms with Gasteiger partial charge in [-0.05, 0) is 64.6 Å². The third-order valence-corrected chi connectivity index (χ3v) is 4.49. The molecule has 2 aromatic rings. The Morgan fingerprint density at radius 3 is 2.50 bits per heavy atom. The number of amides is 4. The topological polar surface area (TPSA) is 66.5 Å². The molecule has 0 aromatic heterocycles. The fourth-order valence-electron chi connectivity index (χ4n) is 2.27. The molecule has 0 saturated carbocycles. The second kappa shape index (κ2) is 6.86. The lowest BCUT2D eigenvalue weighted by Gasteiger charge is -2.26. The first-order valence-corrected chi connectivity index (χ1v) is 8.75. The molecule has 1 aliphatic heterocycles. The van der Waals surface area contributed by atoms with Crippen LogP contribution in [-0.2, 0) is 9.59 Å². The number of anilines is 1. The number of carbonyl (C=O) groups is 3. The van der Waals surface area contributed by atoms with Gasteiger partial charge in [0.05, 0.1) is 5.69 Å². The molecule has 0 unspecified atom stereocenters. The van der Waals surface area contributed by atoms with Crippen LogP contribution in [0.15, 0.2) is 58.6 Å². The highest BCUT2D eigenvalue weighted by Gasteiger charge is 2.36. The summed E-state index contributed by atoms with van der Waals surface area (Å²) in [7, 11) is 0. The lowest BCUT2D eigenvalue weighted by molar-refractivity contribution is -0.122. The van der Waals surface area contributed by atoms with Gasteiger partial charge >= 0.3 is 6.03 Å². The number of nitrogens with one attached hydrogen (secondary N) is 1. The van der Waals surface area contributed by atoms with Gasteiger partial charge < -0.3 is 0 Å². The molecule has 3 rings (SSSR count). The molecule has 120 valence electrons. The number of hydrogen-bond donors (Lipinski definition) is 1. The van der Waals surface area contributed by atoms with Gasteiger partial charge in [0.25, 0.3) is 11.8 Å². The molecule has 1 saturated heterocycles. The summed E-state index contributed by atoms with van der Waals surface area (Å²) in [6.07, 6.45) is 1.48. The highest BCUT2D eigenvalue weighted by molar-refractivity contribution is 14.1. The quantitative estimate of drug-likeness (QED) is 0.391. The average molecular weight is 497 g/mol. The predicted molar refractivity (Wildman–Crippen MR) is 102 cm³/mol. The summed E-state index contributed by atoms with van der Waals surface area (Å²) < 4.78 is 1.70. The molecule has 0 bridgehead atoms. The Morgan fingerprint density at radius 1 is 1.04 bits per heavy atom. The number of hydrogen-bond acceptors (Lipinski definition) is 3. The molecule has 0 radical (unpaired) electrons. The minimum absolute atomic E-state index is 0.0865. The molecule has 2 aromatic carbocycles. The van der Waals surface area contributed by atoms with Crippen LogP contribution < -0.4 is 10.2 Å². The lowest BCUT2D eigenvalue weighted by atomic mass is 10.1. The van der Waals surface area contributed by atoms with E-state index < -0.39 is 17.8 Å². The van der Waals surface area contributed by atoms with E-state index in [1.54, 1.807) is 30.3 Å². The zero-order valence-electron chi connectivity index (χ0n) is 12.1. The molecule has 1 fully saturated rings. The summed E-state index contributed by atoms with van der Waals surface area (Å²) in [5.74, 6) is -1.35. The Bertz CT molecular complexity index is 895. The van der Waals surface area contributed by atoms with Gasteiger partial charge in [0.15, 0.2) is 0 Å². The van der Waals surface area contributed by atoms with E-state index in [9.17, 15) is 14.4 Å². The monoisotopic (exact) mass is 496 g/mol. The largest absolute Gasteiger partial charge is 0.335 e. The number of barbiturate groups is 1. The van der Waals surface area contributed by atoms with E-state index in [2.05, 4.69) is 43.8 Å². The zero-order valence-corrected chi connectivity index (χ0v) is 15.9. The van der Waals surface area contributed by atoms with E-state index in [4.69, 9.17) is 0 Å². The third kappa shape index (κ3) is 3.41. The van der Waals surface area contributed by atoms with Crippen LogP contribution in [-0.4, -0.2) is 17.8 Å². The lowest BCUT2D eigenvalue weighted by Crippen LogP contribution is -2.54. The summed E-state index contributed by atoms with van der Waals surface area (Å²) in [6.45, 7) is 0. The molecule has 24 heavy (non-hydrogen) atoms. The maximum absolute atomic E-state index is 12.7. The number of halogens is 2. The van der Waals surface area contributed by atoms with Crippen LogP contribution >= 0.6 is 38.5 Å². The van der Waals surface area contributed by atoms with Gasteiger partial charge in [-0.25, -0.2) is 9.69 Å². The Kier molecular flexibility index (Phi) is 4.81. The maximum Gasteiger partial charge on any atom is 0.335 e. The van der Waals surface area contributed by atoms with Crippen molar-refractivity contribution in [1.29, 1.82) is 0 Å². The smallest absolute Gasteiger partial charge is 0.273 e. The molecule has 1 heterocycles. The van der Waals surface area contributed by atoms with Crippen molar-refractivity contribution in [3.8, 4) is 0 Å². The first-order valence-electron chi connectivity index (χ1n) is 6.88. The zero-order chi connectivity index (χ0) is 17.3. The fourth-order valence-corrected chi connectivity index (χ4v) is 3.22. The first kappa shape index (κ1) is 16.8. The molecule has 7 heteroatoms. The van der Waals surface area contributed by atoms with E-state index in [-0.39, 0.29) is 5.57 Å². The standard InChI is InChI=1S/C17H10BrIN2O3/c18-11-4-2-6-13(9-11)21-16(23)14(15(22)20-17(21)24)8-10-3-1-5-12(19)7-10/h1-9H,(H,20,22,24). The first-order chi connectivity index (χ1) is 11.5. The van der Waals surface area contributed by atoms with E-state index in [1.807, 2.05) is 18.2 Å². The summed E-state index contributed by atoms with van der Waals surface area (Å²) in [6, 6.07) is 13.4. The normalized spacial score (nSPS) is 16.5. The van der Waals surface area contributed by atoms with Gasteiger partial charge in [-0.3, -0.25) is 14.9 Å². The summed E-state index contributed by atoms with van der Waals surface area (Å²) >= 11 is 5.45. The van der Waals surface area contributed by atoms with Gasteiger partial charge in [0.1, 0.15) is 5.57 Å². The summed E-state index contributed by atoms with van der Waals surface area (Å²) in [5.41, 5.74) is 1.01. The number of urea groups is 1. The predicted octanol–water partition coefficient (Wildman–Crippen LogP) is 3.72. The Morgan fingerprint density at radius 2 is 1.79 bits per heavy atom. The van der Waals surface area contributed by atoms with Crippen LogP contribution in [0.25, 0.3) is 6.08 Å². The van der Waals surface area contributed by atoms with Crippen molar-refractivity contribution < 1.29 is 14.4 Å². The van der Waals surface area contributed by atoms with Crippen molar-refractivity contribution in [2.75, 3.05) is 4.90 Å². The van der Waals surface area contributed by atoms with Crippen LogP contribution in [0.4, 0.5) is 10.5 Å². The van der Waals surface area contributed by atoms with Crippen molar-refractivity contribution >= 4 is 68.1 Å².